The first kappa shape index (κ1) is 19.9. The number of urea groups is 1. The lowest BCUT2D eigenvalue weighted by atomic mass is 9.85. The van der Waals surface area contributed by atoms with E-state index in [1.165, 1.54) is 0 Å². The minimum absolute atomic E-state index is 0.0497. The Hall–Kier alpha value is -1.83. The van der Waals surface area contributed by atoms with E-state index in [9.17, 15) is 9.59 Å². The normalized spacial score (nSPS) is 25.1. The average Bonchev–Trinajstić information content (AvgIpc) is 2.63. The minimum Gasteiger partial charge on any atom is -0.480 e. The Bertz CT molecular complexity index is 663. The molecule has 148 valence electrons. The van der Waals surface area contributed by atoms with Crippen molar-refractivity contribution in [2.24, 2.45) is 0 Å². The minimum atomic E-state index is -0.814. The zero-order valence-electron chi connectivity index (χ0n) is 15.4. The summed E-state index contributed by atoms with van der Waals surface area (Å²) in [4.78, 5) is 27.2. The van der Waals surface area contributed by atoms with Crippen LogP contribution in [0.2, 0.25) is 5.02 Å². The first-order valence-electron chi connectivity index (χ1n) is 9.34. The van der Waals surface area contributed by atoms with Gasteiger partial charge in [0.05, 0.1) is 19.7 Å². The predicted molar refractivity (Wildman–Crippen MR) is 102 cm³/mol. The number of halogens is 1. The van der Waals surface area contributed by atoms with E-state index in [2.05, 4.69) is 5.32 Å². The molecule has 2 aliphatic rings. The molecular weight excluding hydrogens is 370 g/mol. The van der Waals surface area contributed by atoms with Gasteiger partial charge in [-0.15, -0.1) is 0 Å². The third-order valence-electron chi connectivity index (χ3n) is 5.30. The number of amides is 2. The van der Waals surface area contributed by atoms with Crippen LogP contribution >= 0.6 is 11.6 Å². The van der Waals surface area contributed by atoms with Crippen molar-refractivity contribution in [3.63, 3.8) is 0 Å². The highest BCUT2D eigenvalue weighted by Crippen LogP contribution is 2.27. The maximum atomic E-state index is 12.6. The van der Waals surface area contributed by atoms with E-state index in [0.29, 0.717) is 31.3 Å². The molecule has 1 saturated carbocycles. The maximum absolute atomic E-state index is 12.6. The van der Waals surface area contributed by atoms with Crippen LogP contribution in [0.3, 0.4) is 0 Å². The third kappa shape index (κ3) is 5.12. The number of carboxylic acid groups (broad SMARTS) is 1. The molecule has 0 radical (unpaired) electrons. The molecular formula is C19H26ClN3O4. The number of nitrogens with zero attached hydrogens (tertiary/aromatic N) is 2. The number of hydrogen-bond acceptors (Lipinski definition) is 4. The van der Waals surface area contributed by atoms with Crippen molar-refractivity contribution in [3.05, 3.63) is 34.9 Å². The quantitative estimate of drug-likeness (QED) is 0.772. The van der Waals surface area contributed by atoms with E-state index < -0.39 is 5.97 Å². The number of carboxylic acids is 1. The van der Waals surface area contributed by atoms with Crippen LogP contribution in [0.4, 0.5) is 4.79 Å². The van der Waals surface area contributed by atoms with E-state index in [4.69, 9.17) is 21.4 Å². The van der Waals surface area contributed by atoms with Gasteiger partial charge in [-0.25, -0.2) is 4.79 Å². The van der Waals surface area contributed by atoms with Crippen molar-refractivity contribution >= 4 is 23.6 Å². The molecule has 3 rings (SSSR count). The zero-order valence-corrected chi connectivity index (χ0v) is 16.2. The second-order valence-corrected chi connectivity index (χ2v) is 7.52. The molecule has 0 aromatic heterocycles. The molecule has 7 nitrogen and oxygen atoms in total. The predicted octanol–water partition coefficient (Wildman–Crippen LogP) is 2.36. The molecule has 8 heteroatoms. The van der Waals surface area contributed by atoms with Crippen LogP contribution in [0, 0.1) is 0 Å². The summed E-state index contributed by atoms with van der Waals surface area (Å²) in [5.41, 5.74) is 1.01. The molecule has 0 unspecified atom stereocenters. The Labute approximate surface area is 164 Å². The molecule has 1 aliphatic carbocycles. The maximum Gasteiger partial charge on any atom is 0.317 e. The van der Waals surface area contributed by atoms with Crippen LogP contribution in [-0.4, -0.2) is 71.8 Å². The zero-order chi connectivity index (χ0) is 19.4. The summed E-state index contributed by atoms with van der Waals surface area (Å²) in [6, 6.07) is 7.74. The van der Waals surface area contributed by atoms with Crippen molar-refractivity contribution in [2.75, 3.05) is 32.8 Å². The van der Waals surface area contributed by atoms with E-state index in [1.54, 1.807) is 4.90 Å². The summed E-state index contributed by atoms with van der Waals surface area (Å²) in [5, 5.41) is 12.7. The van der Waals surface area contributed by atoms with E-state index in [1.807, 2.05) is 36.1 Å². The molecule has 0 bridgehead atoms. The molecule has 0 spiro atoms. The monoisotopic (exact) mass is 395 g/mol. The van der Waals surface area contributed by atoms with Crippen molar-refractivity contribution in [1.82, 2.24) is 15.1 Å². The number of rotatable bonds is 6. The van der Waals surface area contributed by atoms with Crippen LogP contribution in [0.15, 0.2) is 24.3 Å². The lowest BCUT2D eigenvalue weighted by molar-refractivity contribution is -0.139. The number of likely N-dealkylation sites (N-methyl/N-ethyl adjacent to an activating group) is 1. The molecule has 2 fully saturated rings. The molecule has 1 aromatic rings. The number of hydrogen-bond donors (Lipinski definition) is 2. The fraction of sp³-hybridized carbons (Fsp3) is 0.579. The molecule has 1 atom stereocenters. The highest BCUT2D eigenvalue weighted by molar-refractivity contribution is 6.30. The van der Waals surface area contributed by atoms with Gasteiger partial charge in [-0.1, -0.05) is 30.7 Å². The van der Waals surface area contributed by atoms with Gasteiger partial charge in [-0.2, -0.15) is 0 Å². The highest BCUT2D eigenvalue weighted by Gasteiger charge is 2.36. The third-order valence-corrected chi connectivity index (χ3v) is 5.55. The van der Waals surface area contributed by atoms with Crippen molar-refractivity contribution in [3.8, 4) is 0 Å². The summed E-state index contributed by atoms with van der Waals surface area (Å²) in [6.45, 7) is 4.27. The Balaban J connectivity index is 1.47. The number of aliphatic carboxylic acids is 1. The fourth-order valence-corrected chi connectivity index (χ4v) is 3.78. The molecule has 1 aliphatic heterocycles. The lowest BCUT2D eigenvalue weighted by Crippen LogP contribution is -2.57. The van der Waals surface area contributed by atoms with Crippen LogP contribution in [-0.2, 0) is 9.53 Å². The summed E-state index contributed by atoms with van der Waals surface area (Å²) >= 11 is 5.93. The molecule has 1 heterocycles. The Kier molecular flexibility index (Phi) is 6.57. The van der Waals surface area contributed by atoms with Crippen LogP contribution in [0.25, 0.3) is 0 Å². The molecule has 27 heavy (non-hydrogen) atoms. The number of carbonyl (C=O) groups is 2. The highest BCUT2D eigenvalue weighted by atomic mass is 35.5. The number of morpholine rings is 1. The van der Waals surface area contributed by atoms with Gasteiger partial charge in [-0.3, -0.25) is 9.69 Å². The van der Waals surface area contributed by atoms with Gasteiger partial charge in [0.1, 0.15) is 6.10 Å². The summed E-state index contributed by atoms with van der Waals surface area (Å²) in [7, 11) is 0. The number of benzene rings is 1. The Morgan fingerprint density at radius 1 is 1.33 bits per heavy atom. The van der Waals surface area contributed by atoms with E-state index >= 15 is 0 Å². The fourth-order valence-electron chi connectivity index (χ4n) is 3.66. The SMILES string of the molecule is CCN(CC(=O)O)C1CC(NC(=O)N2CCO[C@@H](c3ccc(Cl)cc3)C2)C1. The van der Waals surface area contributed by atoms with Gasteiger partial charge in [0, 0.05) is 23.7 Å². The first-order chi connectivity index (χ1) is 13.0. The second-order valence-electron chi connectivity index (χ2n) is 7.09. The lowest BCUT2D eigenvalue weighted by Gasteiger charge is -2.43. The van der Waals surface area contributed by atoms with Crippen molar-refractivity contribution < 1.29 is 19.4 Å². The van der Waals surface area contributed by atoms with Crippen LogP contribution in [0.5, 0.6) is 0 Å². The van der Waals surface area contributed by atoms with Gasteiger partial charge in [0.15, 0.2) is 0 Å². The Morgan fingerprint density at radius 2 is 2.04 bits per heavy atom. The van der Waals surface area contributed by atoms with Gasteiger partial charge in [-0.05, 0) is 37.1 Å². The number of nitrogens with one attached hydrogen (secondary N) is 1. The van der Waals surface area contributed by atoms with Crippen LogP contribution < -0.4 is 5.32 Å². The topological polar surface area (TPSA) is 82.1 Å². The summed E-state index contributed by atoms with van der Waals surface area (Å²) in [5.74, 6) is -0.814. The molecule has 1 saturated heterocycles. The Morgan fingerprint density at radius 3 is 2.67 bits per heavy atom. The van der Waals surface area contributed by atoms with Gasteiger partial charge in [0.25, 0.3) is 0 Å². The first-order valence-corrected chi connectivity index (χ1v) is 9.72. The number of ether oxygens (including phenoxy) is 1. The standard InChI is InChI=1S/C19H26ClN3O4/c1-2-22(12-18(24)25)16-9-15(10-16)21-19(26)23-7-8-27-17(11-23)13-3-5-14(20)6-4-13/h3-6,15-17H,2,7-12H2,1H3,(H,21,26)(H,24,25)/t15?,16?,17-/m1/s1. The summed E-state index contributed by atoms with van der Waals surface area (Å²) in [6.07, 6.45) is 1.43. The van der Waals surface area contributed by atoms with Crippen molar-refractivity contribution in [2.45, 2.75) is 38.0 Å². The van der Waals surface area contributed by atoms with Gasteiger partial charge >= 0.3 is 12.0 Å². The van der Waals surface area contributed by atoms with E-state index in [0.717, 1.165) is 18.4 Å². The average molecular weight is 396 g/mol. The van der Waals surface area contributed by atoms with Crippen LogP contribution in [0.1, 0.15) is 31.4 Å². The van der Waals surface area contributed by atoms with Crippen molar-refractivity contribution in [1.29, 1.82) is 0 Å². The van der Waals surface area contributed by atoms with E-state index in [-0.39, 0.29) is 30.8 Å². The second kappa shape index (κ2) is 8.91. The molecule has 2 amide bonds. The summed E-state index contributed by atoms with van der Waals surface area (Å²) < 4.78 is 5.80. The molecule has 1 aromatic carbocycles. The van der Waals surface area contributed by atoms with Gasteiger partial charge < -0.3 is 20.1 Å². The number of carbonyl (C=O) groups excluding carboxylic acids is 1. The largest absolute Gasteiger partial charge is 0.480 e. The van der Waals surface area contributed by atoms with Gasteiger partial charge in [0.2, 0.25) is 0 Å². The smallest absolute Gasteiger partial charge is 0.317 e. The molecule has 2 N–H and O–H groups in total.